The molecule has 0 unspecified atom stereocenters. The van der Waals surface area contributed by atoms with Crippen molar-refractivity contribution < 1.29 is 9.53 Å². The number of benzene rings is 2. The smallest absolute Gasteiger partial charge is 0.266 e. The molecule has 0 bridgehead atoms. The van der Waals surface area contributed by atoms with Gasteiger partial charge in [0.15, 0.2) is 0 Å². The first-order chi connectivity index (χ1) is 12.0. The third-order valence-electron chi connectivity index (χ3n) is 3.57. The van der Waals surface area contributed by atoms with Crippen LogP contribution in [0, 0.1) is 25.2 Å². The summed E-state index contributed by atoms with van der Waals surface area (Å²) in [6.45, 7) is 7.86. The predicted molar refractivity (Wildman–Crippen MR) is 100 cm³/mol. The van der Waals surface area contributed by atoms with Gasteiger partial charge >= 0.3 is 0 Å². The molecule has 4 heteroatoms. The van der Waals surface area contributed by atoms with Crippen LogP contribution in [0.15, 0.2) is 60.7 Å². The molecule has 1 N–H and O–H groups in total. The molecule has 0 aliphatic heterocycles. The number of ether oxygens (including phenoxy) is 1. The van der Waals surface area contributed by atoms with Crippen molar-refractivity contribution in [3.8, 4) is 11.8 Å². The van der Waals surface area contributed by atoms with Gasteiger partial charge in [0.1, 0.15) is 24.0 Å². The van der Waals surface area contributed by atoms with Crippen molar-refractivity contribution in [2.45, 2.75) is 13.8 Å². The lowest BCUT2D eigenvalue weighted by atomic mass is 10.1. The van der Waals surface area contributed by atoms with Gasteiger partial charge in [-0.25, -0.2) is 0 Å². The van der Waals surface area contributed by atoms with E-state index in [2.05, 4.69) is 11.9 Å². The van der Waals surface area contributed by atoms with Crippen molar-refractivity contribution in [1.82, 2.24) is 0 Å². The van der Waals surface area contributed by atoms with Crippen molar-refractivity contribution >= 4 is 17.7 Å². The van der Waals surface area contributed by atoms with Crippen molar-refractivity contribution in [1.29, 1.82) is 5.26 Å². The zero-order valence-electron chi connectivity index (χ0n) is 14.4. The second-order valence-corrected chi connectivity index (χ2v) is 5.58. The van der Waals surface area contributed by atoms with Gasteiger partial charge in [-0.1, -0.05) is 48.6 Å². The summed E-state index contributed by atoms with van der Waals surface area (Å²) in [5.74, 6) is 0.141. The summed E-state index contributed by atoms with van der Waals surface area (Å²) in [6.07, 6.45) is 3.16. The number of nitriles is 1. The molecule has 0 aliphatic carbocycles. The minimum atomic E-state index is -0.451. The standard InChI is InChI=1S/C21H20N2O2/c1-4-11-25-20-8-6-5-7-17(20)13-18(14-22)21(24)23-19-10-9-15(2)12-16(19)3/h4-10,12-13H,1,11H2,2-3H3,(H,23,24)/b18-13+. The number of nitrogens with one attached hydrogen (secondary N) is 1. The minimum absolute atomic E-state index is 0.00891. The molecule has 0 heterocycles. The first-order valence-corrected chi connectivity index (χ1v) is 7.88. The Kier molecular flexibility index (Phi) is 6.14. The lowest BCUT2D eigenvalue weighted by Crippen LogP contribution is -2.14. The molecule has 0 saturated heterocycles. The Hall–Kier alpha value is -3.32. The Morgan fingerprint density at radius 1 is 1.28 bits per heavy atom. The van der Waals surface area contributed by atoms with Crippen LogP contribution in [0.1, 0.15) is 16.7 Å². The van der Waals surface area contributed by atoms with Crippen LogP contribution in [-0.4, -0.2) is 12.5 Å². The molecule has 126 valence electrons. The summed E-state index contributed by atoms with van der Waals surface area (Å²) in [5, 5.41) is 12.2. The van der Waals surface area contributed by atoms with E-state index < -0.39 is 5.91 Å². The van der Waals surface area contributed by atoms with E-state index in [0.29, 0.717) is 23.6 Å². The van der Waals surface area contributed by atoms with Crippen molar-refractivity contribution in [3.63, 3.8) is 0 Å². The molecule has 2 aromatic rings. The number of anilines is 1. The second-order valence-electron chi connectivity index (χ2n) is 5.58. The van der Waals surface area contributed by atoms with E-state index in [1.807, 2.05) is 50.2 Å². The van der Waals surface area contributed by atoms with E-state index >= 15 is 0 Å². The third-order valence-corrected chi connectivity index (χ3v) is 3.57. The topological polar surface area (TPSA) is 62.1 Å². The van der Waals surface area contributed by atoms with Gasteiger partial charge in [-0.05, 0) is 37.6 Å². The van der Waals surface area contributed by atoms with Gasteiger partial charge in [0.05, 0.1) is 0 Å². The highest BCUT2D eigenvalue weighted by atomic mass is 16.5. The number of para-hydroxylation sites is 1. The van der Waals surface area contributed by atoms with Crippen LogP contribution < -0.4 is 10.1 Å². The van der Waals surface area contributed by atoms with E-state index in [1.54, 1.807) is 18.2 Å². The number of hydrogen-bond acceptors (Lipinski definition) is 3. The third kappa shape index (κ3) is 4.82. The number of aryl methyl sites for hydroxylation is 2. The molecule has 0 saturated carbocycles. The van der Waals surface area contributed by atoms with E-state index in [-0.39, 0.29) is 5.57 Å². The molecule has 4 nitrogen and oxygen atoms in total. The van der Waals surface area contributed by atoms with Gasteiger partial charge in [-0.15, -0.1) is 0 Å². The largest absolute Gasteiger partial charge is 0.489 e. The van der Waals surface area contributed by atoms with Crippen molar-refractivity contribution in [2.75, 3.05) is 11.9 Å². The monoisotopic (exact) mass is 332 g/mol. The molecule has 25 heavy (non-hydrogen) atoms. The van der Waals surface area contributed by atoms with Crippen LogP contribution in [0.5, 0.6) is 5.75 Å². The average Bonchev–Trinajstić information content (AvgIpc) is 2.61. The van der Waals surface area contributed by atoms with Gasteiger partial charge in [-0.3, -0.25) is 4.79 Å². The number of rotatable bonds is 6. The predicted octanol–water partition coefficient (Wildman–Crippen LogP) is 4.41. The Balaban J connectivity index is 2.27. The quantitative estimate of drug-likeness (QED) is 0.484. The average molecular weight is 332 g/mol. The number of amides is 1. The molecule has 0 fully saturated rings. The number of hydrogen-bond donors (Lipinski definition) is 1. The van der Waals surface area contributed by atoms with E-state index in [1.165, 1.54) is 6.08 Å². The summed E-state index contributed by atoms with van der Waals surface area (Å²) in [6, 6.07) is 14.9. The summed E-state index contributed by atoms with van der Waals surface area (Å²) in [5.41, 5.74) is 3.42. The SMILES string of the molecule is C=CCOc1ccccc1/C=C(\C#N)C(=O)Nc1ccc(C)cc1C. The van der Waals surface area contributed by atoms with Gasteiger partial charge in [0.2, 0.25) is 0 Å². The zero-order valence-corrected chi connectivity index (χ0v) is 14.4. The maximum atomic E-state index is 12.5. The lowest BCUT2D eigenvalue weighted by Gasteiger charge is -2.10. The molecular weight excluding hydrogens is 312 g/mol. The molecule has 0 aromatic heterocycles. The fraction of sp³-hybridized carbons (Fsp3) is 0.143. The molecule has 2 aromatic carbocycles. The van der Waals surface area contributed by atoms with Gasteiger partial charge in [0.25, 0.3) is 5.91 Å². The Labute approximate surface area is 148 Å². The number of carbonyl (C=O) groups is 1. The highest BCUT2D eigenvalue weighted by Crippen LogP contribution is 2.22. The molecule has 0 spiro atoms. The summed E-state index contributed by atoms with van der Waals surface area (Å²) >= 11 is 0. The fourth-order valence-electron chi connectivity index (χ4n) is 2.33. The Morgan fingerprint density at radius 2 is 2.04 bits per heavy atom. The van der Waals surface area contributed by atoms with Crippen LogP contribution in [0.2, 0.25) is 0 Å². The summed E-state index contributed by atoms with van der Waals surface area (Å²) in [4.78, 5) is 12.5. The normalized spacial score (nSPS) is 10.7. The zero-order chi connectivity index (χ0) is 18.2. The van der Waals surface area contributed by atoms with Gasteiger partial charge in [0, 0.05) is 11.3 Å². The molecule has 2 rings (SSSR count). The van der Waals surface area contributed by atoms with Crippen LogP contribution >= 0.6 is 0 Å². The molecule has 1 amide bonds. The number of nitrogens with zero attached hydrogens (tertiary/aromatic N) is 1. The van der Waals surface area contributed by atoms with E-state index in [4.69, 9.17) is 4.74 Å². The molecule has 0 radical (unpaired) electrons. The molecule has 0 atom stereocenters. The van der Waals surface area contributed by atoms with E-state index in [0.717, 1.165) is 11.1 Å². The molecule has 0 aliphatic rings. The van der Waals surface area contributed by atoms with Crippen LogP contribution in [0.3, 0.4) is 0 Å². The number of carbonyl (C=O) groups excluding carboxylic acids is 1. The van der Waals surface area contributed by atoms with E-state index in [9.17, 15) is 10.1 Å². The van der Waals surface area contributed by atoms with Gasteiger partial charge < -0.3 is 10.1 Å². The van der Waals surface area contributed by atoms with Crippen molar-refractivity contribution in [2.24, 2.45) is 0 Å². The highest BCUT2D eigenvalue weighted by molar-refractivity contribution is 6.10. The van der Waals surface area contributed by atoms with Crippen LogP contribution in [0.4, 0.5) is 5.69 Å². The van der Waals surface area contributed by atoms with Crippen molar-refractivity contribution in [3.05, 3.63) is 77.4 Å². The summed E-state index contributed by atoms with van der Waals surface area (Å²) in [7, 11) is 0. The highest BCUT2D eigenvalue weighted by Gasteiger charge is 2.12. The fourth-order valence-corrected chi connectivity index (χ4v) is 2.33. The summed E-state index contributed by atoms with van der Waals surface area (Å²) < 4.78 is 5.56. The van der Waals surface area contributed by atoms with Crippen LogP contribution in [-0.2, 0) is 4.79 Å². The van der Waals surface area contributed by atoms with Crippen LogP contribution in [0.25, 0.3) is 6.08 Å². The Morgan fingerprint density at radius 3 is 2.72 bits per heavy atom. The lowest BCUT2D eigenvalue weighted by molar-refractivity contribution is -0.112. The second kappa shape index (κ2) is 8.51. The van der Waals surface area contributed by atoms with Gasteiger partial charge in [-0.2, -0.15) is 5.26 Å². The Bertz CT molecular complexity index is 860. The first kappa shape index (κ1) is 18.0. The molecular formula is C21H20N2O2. The minimum Gasteiger partial charge on any atom is -0.489 e. The first-order valence-electron chi connectivity index (χ1n) is 7.88. The maximum Gasteiger partial charge on any atom is 0.266 e. The maximum absolute atomic E-state index is 12.5.